The highest BCUT2D eigenvalue weighted by atomic mass is 31.1. The minimum atomic E-state index is -2.34. The molecule has 0 N–H and O–H groups in total. The van der Waals surface area contributed by atoms with Crippen LogP contribution in [0.25, 0.3) is 10.4 Å². The number of azide groups is 1. The molecule has 1 aromatic carbocycles. The minimum absolute atomic E-state index is 0.531. The fourth-order valence-corrected chi connectivity index (χ4v) is 1.48. The summed E-state index contributed by atoms with van der Waals surface area (Å²) in [4.78, 5) is 5.62. The van der Waals surface area contributed by atoms with E-state index in [-0.39, 0.29) is 0 Å². The van der Waals surface area contributed by atoms with Crippen molar-refractivity contribution in [2.75, 3.05) is 7.11 Å². The molecule has 0 fully saturated rings. The van der Waals surface area contributed by atoms with E-state index in [0.29, 0.717) is 11.1 Å². The van der Waals surface area contributed by atoms with Gasteiger partial charge in [0.05, 0.1) is 7.11 Å². The minimum Gasteiger partial charge on any atom is -0.497 e. The molecule has 0 aromatic heterocycles. The van der Waals surface area contributed by atoms with Crippen LogP contribution >= 0.6 is 7.95 Å². The van der Waals surface area contributed by atoms with E-state index in [1.165, 1.54) is 0 Å². The number of ether oxygens (including phenoxy) is 1. The van der Waals surface area contributed by atoms with Gasteiger partial charge < -0.3 is 9.30 Å². The average Bonchev–Trinajstić information content (AvgIpc) is 2.18. The van der Waals surface area contributed by atoms with Gasteiger partial charge in [-0.3, -0.25) is 0 Å². The van der Waals surface area contributed by atoms with Crippen LogP contribution in [0.15, 0.2) is 29.2 Å². The molecule has 0 radical (unpaired) electrons. The van der Waals surface area contributed by atoms with E-state index >= 15 is 0 Å². The van der Waals surface area contributed by atoms with Gasteiger partial charge in [-0.1, -0.05) is 0 Å². The van der Waals surface area contributed by atoms with Gasteiger partial charge in [-0.2, -0.15) is 0 Å². The molecule has 6 heteroatoms. The highest BCUT2D eigenvalue weighted by molar-refractivity contribution is 7.51. The lowest BCUT2D eigenvalue weighted by atomic mass is 10.3. The summed E-state index contributed by atoms with van der Waals surface area (Å²) in [6, 6.07) is 6.58. The van der Waals surface area contributed by atoms with E-state index in [0.717, 1.165) is 0 Å². The summed E-state index contributed by atoms with van der Waals surface area (Å²) >= 11 is 0. The number of hydrogen-bond acceptors (Lipinski definition) is 2. The molecule has 0 saturated carbocycles. The van der Waals surface area contributed by atoms with Crippen LogP contribution < -0.4 is 10.0 Å². The second-order valence-corrected chi connectivity index (χ2v) is 3.61. The molecule has 0 aliphatic rings. The third-order valence-electron chi connectivity index (χ3n) is 1.47. The molecule has 1 atom stereocenters. The van der Waals surface area contributed by atoms with Crippen LogP contribution in [0.4, 0.5) is 0 Å². The fraction of sp³-hybridized carbons (Fsp3) is 0.143. The van der Waals surface area contributed by atoms with Gasteiger partial charge in [0.2, 0.25) is 0 Å². The van der Waals surface area contributed by atoms with Crippen molar-refractivity contribution < 1.29 is 9.30 Å². The molecule has 13 heavy (non-hydrogen) atoms. The lowest BCUT2D eigenvalue weighted by Crippen LogP contribution is -1.93. The highest BCUT2D eigenvalue weighted by Crippen LogP contribution is 2.22. The zero-order chi connectivity index (χ0) is 9.68. The van der Waals surface area contributed by atoms with Crippen LogP contribution in [0.5, 0.6) is 5.75 Å². The van der Waals surface area contributed by atoms with Crippen molar-refractivity contribution in [1.82, 2.24) is 0 Å². The molecule has 1 rings (SSSR count). The van der Waals surface area contributed by atoms with Crippen LogP contribution in [0.3, 0.4) is 0 Å². The molecule has 0 aliphatic carbocycles. The van der Waals surface area contributed by atoms with Crippen molar-refractivity contribution in [3.05, 3.63) is 34.7 Å². The van der Waals surface area contributed by atoms with Gasteiger partial charge in [0, 0.05) is 10.2 Å². The lowest BCUT2D eigenvalue weighted by molar-refractivity contribution is 0.415. The lowest BCUT2D eigenvalue weighted by Gasteiger charge is -1.99. The quantitative estimate of drug-likeness (QED) is 0.322. The van der Waals surface area contributed by atoms with Gasteiger partial charge in [0.1, 0.15) is 5.75 Å². The van der Waals surface area contributed by atoms with Crippen molar-refractivity contribution in [3.8, 4) is 5.75 Å². The smallest absolute Gasteiger partial charge is 0.189 e. The van der Waals surface area contributed by atoms with E-state index < -0.39 is 7.95 Å². The van der Waals surface area contributed by atoms with Crippen LogP contribution in [0, 0.1) is 0 Å². The number of methoxy groups -OCH3 is 1. The summed E-state index contributed by atoms with van der Waals surface area (Å²) in [7, 11) is -0.793. The third-order valence-corrected chi connectivity index (χ3v) is 2.57. The molecule has 0 spiro atoms. The summed E-state index contributed by atoms with van der Waals surface area (Å²) in [5.74, 6) is 0.680. The Morgan fingerprint density at radius 3 is 2.54 bits per heavy atom. The molecule has 0 saturated heterocycles. The number of hydrogen-bond donors (Lipinski definition) is 0. The van der Waals surface area contributed by atoms with Gasteiger partial charge in [-0.25, -0.2) is 0 Å². The molecule has 1 unspecified atom stereocenters. The first kappa shape index (κ1) is 9.65. The highest BCUT2D eigenvalue weighted by Gasteiger charge is 1.99. The zero-order valence-corrected chi connectivity index (χ0v) is 7.97. The van der Waals surface area contributed by atoms with E-state index in [1.54, 1.807) is 31.4 Å². The molecular formula is C7H8N3O2P. The van der Waals surface area contributed by atoms with Gasteiger partial charge >= 0.3 is 0 Å². The van der Waals surface area contributed by atoms with Crippen LogP contribution in [-0.2, 0) is 4.57 Å². The van der Waals surface area contributed by atoms with Crippen LogP contribution in [-0.4, -0.2) is 7.11 Å². The van der Waals surface area contributed by atoms with Gasteiger partial charge in [0.15, 0.2) is 7.95 Å². The normalized spacial score (nSPS) is 11.5. The molecule has 0 heterocycles. The Balaban J connectivity index is 2.92. The summed E-state index contributed by atoms with van der Waals surface area (Å²) < 4.78 is 16.1. The fourth-order valence-electron chi connectivity index (χ4n) is 0.832. The van der Waals surface area contributed by atoms with Crippen molar-refractivity contribution in [2.45, 2.75) is 0 Å². The van der Waals surface area contributed by atoms with Crippen molar-refractivity contribution in [3.63, 3.8) is 0 Å². The predicted molar refractivity (Wildman–Crippen MR) is 50.8 cm³/mol. The third kappa shape index (κ3) is 2.51. The van der Waals surface area contributed by atoms with Crippen LogP contribution in [0.2, 0.25) is 0 Å². The molecule has 0 aliphatic heterocycles. The first-order chi connectivity index (χ1) is 6.27. The Hall–Kier alpha value is -1.44. The largest absolute Gasteiger partial charge is 0.497 e. The Morgan fingerprint density at radius 1 is 1.46 bits per heavy atom. The summed E-state index contributed by atoms with van der Waals surface area (Å²) in [5.41, 5.74) is 8.06. The van der Waals surface area contributed by atoms with Crippen molar-refractivity contribution in [2.24, 2.45) is 4.88 Å². The second-order valence-electron chi connectivity index (χ2n) is 2.22. The summed E-state index contributed by atoms with van der Waals surface area (Å²) in [6.45, 7) is 0. The summed E-state index contributed by atoms with van der Waals surface area (Å²) in [5, 5.41) is 0.531. The maximum Gasteiger partial charge on any atom is 0.189 e. The Morgan fingerprint density at radius 2 is 2.08 bits per heavy atom. The number of benzene rings is 1. The predicted octanol–water partition coefficient (Wildman–Crippen LogP) is 2.11. The molecule has 68 valence electrons. The Labute approximate surface area is 75.8 Å². The Kier molecular flexibility index (Phi) is 3.38. The Bertz CT molecular complexity index is 357. The molecule has 0 amide bonds. The van der Waals surface area contributed by atoms with E-state index in [2.05, 4.69) is 9.80 Å². The monoisotopic (exact) mass is 197 g/mol. The molecule has 5 nitrogen and oxygen atoms in total. The average molecular weight is 197 g/mol. The summed E-state index contributed by atoms with van der Waals surface area (Å²) in [6.07, 6.45) is 0. The second kappa shape index (κ2) is 4.55. The van der Waals surface area contributed by atoms with Gasteiger partial charge in [-0.05, 0) is 34.7 Å². The van der Waals surface area contributed by atoms with Crippen molar-refractivity contribution in [1.29, 1.82) is 0 Å². The van der Waals surface area contributed by atoms with Gasteiger partial charge in [0.25, 0.3) is 0 Å². The van der Waals surface area contributed by atoms with Crippen LogP contribution in [0.1, 0.15) is 0 Å². The van der Waals surface area contributed by atoms with Crippen molar-refractivity contribution >= 4 is 13.3 Å². The topological polar surface area (TPSA) is 75.1 Å². The molecular weight excluding hydrogens is 189 g/mol. The standard InChI is InChI=1S/C7H8N3O2P/c1-12-6-2-4-7(5-3-6)13(11)10-9-8/h2-5,13H,1H3. The van der Waals surface area contributed by atoms with E-state index in [9.17, 15) is 4.57 Å². The van der Waals surface area contributed by atoms with E-state index in [4.69, 9.17) is 10.3 Å². The van der Waals surface area contributed by atoms with Gasteiger partial charge in [-0.15, -0.1) is 0 Å². The SMILES string of the molecule is COc1ccc([PH](=O)N=[N+]=[N-])cc1. The zero-order valence-electron chi connectivity index (χ0n) is 6.97. The molecule has 0 bridgehead atoms. The number of rotatable bonds is 3. The maximum atomic E-state index is 11.2. The van der Waals surface area contributed by atoms with E-state index in [1.807, 2.05) is 0 Å². The number of nitrogens with zero attached hydrogens (tertiary/aromatic N) is 3. The molecule has 1 aromatic rings. The first-order valence-corrected chi connectivity index (χ1v) is 4.87. The first-order valence-electron chi connectivity index (χ1n) is 3.51. The maximum absolute atomic E-state index is 11.2.